The van der Waals surface area contributed by atoms with E-state index in [-0.39, 0.29) is 11.6 Å². The minimum absolute atomic E-state index is 0.248. The zero-order chi connectivity index (χ0) is 15.9. The Morgan fingerprint density at radius 3 is 2.43 bits per heavy atom. The van der Waals surface area contributed by atoms with Crippen LogP contribution in [0.4, 0.5) is 4.79 Å². The van der Waals surface area contributed by atoms with Crippen molar-refractivity contribution >= 4 is 6.09 Å². The molecule has 1 saturated heterocycles. The van der Waals surface area contributed by atoms with Gasteiger partial charge in [0.1, 0.15) is 5.60 Å². The van der Waals surface area contributed by atoms with Crippen LogP contribution in [0.15, 0.2) is 0 Å². The van der Waals surface area contributed by atoms with Crippen molar-refractivity contribution in [3.8, 4) is 0 Å². The summed E-state index contributed by atoms with van der Waals surface area (Å²) >= 11 is 0. The predicted molar refractivity (Wildman–Crippen MR) is 84.5 cm³/mol. The lowest BCUT2D eigenvalue weighted by Gasteiger charge is -2.34. The van der Waals surface area contributed by atoms with E-state index in [1.807, 2.05) is 20.8 Å². The summed E-state index contributed by atoms with van der Waals surface area (Å²) in [6.07, 6.45) is 2.53. The summed E-state index contributed by atoms with van der Waals surface area (Å²) in [6.45, 7) is 13.3. The Morgan fingerprint density at radius 2 is 1.95 bits per heavy atom. The van der Waals surface area contributed by atoms with Crippen molar-refractivity contribution in [3.05, 3.63) is 0 Å². The molecule has 0 aromatic carbocycles. The lowest BCUT2D eigenvalue weighted by Crippen LogP contribution is -2.55. The number of hydrogen-bond acceptors (Lipinski definition) is 4. The summed E-state index contributed by atoms with van der Waals surface area (Å²) in [6, 6.07) is 0. The fraction of sp³-hybridized carbons (Fsp3) is 0.938. The molecule has 1 atom stereocenters. The zero-order valence-corrected chi connectivity index (χ0v) is 14.3. The second-order valence-electron chi connectivity index (χ2n) is 6.97. The van der Waals surface area contributed by atoms with Crippen LogP contribution in [0.1, 0.15) is 53.9 Å². The molecule has 21 heavy (non-hydrogen) atoms. The molecule has 0 aromatic heterocycles. The average Bonchev–Trinajstić information content (AvgIpc) is 2.88. The SMILES string of the molecule is CCC(CC)(CNCC1CCOC1)NC(=O)OC(C)(C)C. The van der Waals surface area contributed by atoms with E-state index in [0.29, 0.717) is 5.92 Å². The van der Waals surface area contributed by atoms with Crippen LogP contribution >= 0.6 is 0 Å². The van der Waals surface area contributed by atoms with Crippen LogP contribution in [0, 0.1) is 5.92 Å². The smallest absolute Gasteiger partial charge is 0.408 e. The third kappa shape index (κ3) is 6.66. The molecule has 0 saturated carbocycles. The predicted octanol–water partition coefficient (Wildman–Crippen LogP) is 2.70. The van der Waals surface area contributed by atoms with Crippen LogP contribution in [0.2, 0.25) is 0 Å². The van der Waals surface area contributed by atoms with Crippen LogP contribution in [0.3, 0.4) is 0 Å². The van der Waals surface area contributed by atoms with Gasteiger partial charge in [0, 0.05) is 19.7 Å². The van der Waals surface area contributed by atoms with Gasteiger partial charge in [0.15, 0.2) is 0 Å². The third-order valence-electron chi connectivity index (χ3n) is 4.04. The summed E-state index contributed by atoms with van der Waals surface area (Å²) in [5.41, 5.74) is -0.715. The Hall–Kier alpha value is -0.810. The van der Waals surface area contributed by atoms with Gasteiger partial charge in [-0.3, -0.25) is 0 Å². The normalized spacial score (nSPS) is 19.6. The topological polar surface area (TPSA) is 59.6 Å². The summed E-state index contributed by atoms with van der Waals surface area (Å²) in [5.74, 6) is 0.595. The molecule has 1 aliphatic heterocycles. The molecule has 124 valence electrons. The molecule has 1 heterocycles. The highest BCUT2D eigenvalue weighted by molar-refractivity contribution is 5.68. The van der Waals surface area contributed by atoms with Crippen molar-refractivity contribution in [2.24, 2.45) is 5.92 Å². The molecule has 5 nitrogen and oxygen atoms in total. The van der Waals surface area contributed by atoms with Gasteiger partial charge in [-0.15, -0.1) is 0 Å². The first kappa shape index (κ1) is 18.2. The Balaban J connectivity index is 2.46. The number of nitrogens with one attached hydrogen (secondary N) is 2. The molecule has 0 aromatic rings. The Morgan fingerprint density at radius 1 is 1.29 bits per heavy atom. The van der Waals surface area contributed by atoms with Crippen molar-refractivity contribution in [1.29, 1.82) is 0 Å². The van der Waals surface area contributed by atoms with E-state index in [9.17, 15) is 4.79 Å². The first-order valence-electron chi connectivity index (χ1n) is 8.10. The monoisotopic (exact) mass is 300 g/mol. The third-order valence-corrected chi connectivity index (χ3v) is 4.04. The first-order valence-corrected chi connectivity index (χ1v) is 8.10. The molecule has 1 unspecified atom stereocenters. The number of amides is 1. The van der Waals surface area contributed by atoms with Crippen molar-refractivity contribution < 1.29 is 14.3 Å². The fourth-order valence-electron chi connectivity index (χ4n) is 2.50. The number of carbonyl (C=O) groups excluding carboxylic acids is 1. The van der Waals surface area contributed by atoms with Gasteiger partial charge in [0.2, 0.25) is 0 Å². The van der Waals surface area contributed by atoms with Gasteiger partial charge >= 0.3 is 6.09 Å². The van der Waals surface area contributed by atoms with Gasteiger partial charge in [-0.05, 0) is 46.0 Å². The van der Waals surface area contributed by atoms with Gasteiger partial charge in [-0.1, -0.05) is 13.8 Å². The molecule has 1 aliphatic rings. The van der Waals surface area contributed by atoms with E-state index < -0.39 is 5.60 Å². The Bertz CT molecular complexity index is 316. The van der Waals surface area contributed by atoms with Crippen molar-refractivity contribution in [1.82, 2.24) is 10.6 Å². The molecule has 1 rings (SSSR count). The molecular formula is C16H32N2O3. The zero-order valence-electron chi connectivity index (χ0n) is 14.3. The van der Waals surface area contributed by atoms with Crippen LogP contribution in [-0.2, 0) is 9.47 Å². The lowest BCUT2D eigenvalue weighted by atomic mass is 9.92. The van der Waals surface area contributed by atoms with Gasteiger partial charge in [-0.2, -0.15) is 0 Å². The second-order valence-corrected chi connectivity index (χ2v) is 6.97. The molecule has 0 spiro atoms. The van der Waals surface area contributed by atoms with Gasteiger partial charge < -0.3 is 20.1 Å². The van der Waals surface area contributed by atoms with Crippen LogP contribution in [0.25, 0.3) is 0 Å². The quantitative estimate of drug-likeness (QED) is 0.759. The first-order chi connectivity index (χ1) is 9.80. The number of rotatable bonds is 7. The summed E-state index contributed by atoms with van der Waals surface area (Å²) < 4.78 is 10.8. The summed E-state index contributed by atoms with van der Waals surface area (Å²) in [4.78, 5) is 12.0. The highest BCUT2D eigenvalue weighted by atomic mass is 16.6. The van der Waals surface area contributed by atoms with Crippen LogP contribution < -0.4 is 10.6 Å². The van der Waals surface area contributed by atoms with Crippen molar-refractivity contribution in [2.75, 3.05) is 26.3 Å². The average molecular weight is 300 g/mol. The van der Waals surface area contributed by atoms with E-state index in [1.165, 1.54) is 0 Å². The van der Waals surface area contributed by atoms with Gasteiger partial charge in [0.25, 0.3) is 0 Å². The Labute approximate surface area is 129 Å². The van der Waals surface area contributed by atoms with E-state index >= 15 is 0 Å². The number of alkyl carbamates (subject to hydrolysis) is 1. The van der Waals surface area contributed by atoms with E-state index in [0.717, 1.165) is 45.6 Å². The fourth-order valence-corrected chi connectivity index (χ4v) is 2.50. The highest BCUT2D eigenvalue weighted by Crippen LogP contribution is 2.17. The van der Waals surface area contributed by atoms with Gasteiger partial charge in [-0.25, -0.2) is 4.79 Å². The molecule has 0 aliphatic carbocycles. The van der Waals surface area contributed by atoms with E-state index in [4.69, 9.17) is 9.47 Å². The molecule has 1 fully saturated rings. The minimum atomic E-state index is -0.466. The molecule has 1 amide bonds. The van der Waals surface area contributed by atoms with Crippen molar-refractivity contribution in [3.63, 3.8) is 0 Å². The number of hydrogen-bond donors (Lipinski definition) is 2. The lowest BCUT2D eigenvalue weighted by molar-refractivity contribution is 0.0445. The number of ether oxygens (including phenoxy) is 2. The maximum atomic E-state index is 12.0. The molecule has 5 heteroatoms. The maximum Gasteiger partial charge on any atom is 0.408 e. The van der Waals surface area contributed by atoms with Crippen molar-refractivity contribution in [2.45, 2.75) is 65.0 Å². The minimum Gasteiger partial charge on any atom is -0.444 e. The summed E-state index contributed by atoms with van der Waals surface area (Å²) in [5, 5.41) is 6.54. The van der Waals surface area contributed by atoms with Gasteiger partial charge in [0.05, 0.1) is 12.1 Å². The van der Waals surface area contributed by atoms with Crippen LogP contribution in [0.5, 0.6) is 0 Å². The number of carbonyl (C=O) groups is 1. The standard InChI is InChI=1S/C16H32N2O3/c1-6-16(7-2,18-14(19)21-15(3,4)5)12-17-10-13-8-9-20-11-13/h13,17H,6-12H2,1-5H3,(H,18,19). The van der Waals surface area contributed by atoms with E-state index in [2.05, 4.69) is 24.5 Å². The Kier molecular flexibility index (Phi) is 6.94. The van der Waals surface area contributed by atoms with Crippen LogP contribution in [-0.4, -0.2) is 43.5 Å². The maximum absolute atomic E-state index is 12.0. The summed E-state index contributed by atoms with van der Waals surface area (Å²) in [7, 11) is 0. The second kappa shape index (κ2) is 7.99. The highest BCUT2D eigenvalue weighted by Gasteiger charge is 2.30. The largest absolute Gasteiger partial charge is 0.444 e. The van der Waals surface area contributed by atoms with E-state index in [1.54, 1.807) is 0 Å². The molecular weight excluding hydrogens is 268 g/mol. The molecule has 0 radical (unpaired) electrons. The molecule has 2 N–H and O–H groups in total. The molecule has 0 bridgehead atoms.